The van der Waals surface area contributed by atoms with Gasteiger partial charge in [0.15, 0.2) is 0 Å². The number of carbonyl (C=O) groups excluding carboxylic acids is 1. The van der Waals surface area contributed by atoms with Crippen molar-refractivity contribution < 1.29 is 13.2 Å². The van der Waals surface area contributed by atoms with Crippen LogP contribution in [0.1, 0.15) is 55.8 Å². The van der Waals surface area contributed by atoms with Gasteiger partial charge in [0.05, 0.1) is 4.90 Å². The number of rotatable bonds is 6. The summed E-state index contributed by atoms with van der Waals surface area (Å²) in [6.07, 6.45) is 6.93. The highest BCUT2D eigenvalue weighted by molar-refractivity contribution is 7.89. The standard InChI is InChI=1S/C19H26N2O3S/c1-12(18-10-13-5-6-14(18)9-13)20-19(22)15-3-2-4-17(11-15)25(23,24)21-16-7-8-16/h2-4,11-14,16,18,21H,5-10H2,1H3,(H,20,22)/t12-,13+,14+,18-/m1/s1. The number of fused-ring (bicyclic) bond motifs is 2. The van der Waals surface area contributed by atoms with Gasteiger partial charge in [-0.2, -0.15) is 0 Å². The molecule has 1 aromatic rings. The molecule has 3 aliphatic carbocycles. The van der Waals surface area contributed by atoms with Gasteiger partial charge in [-0.1, -0.05) is 12.5 Å². The molecule has 2 N–H and O–H groups in total. The average molecular weight is 362 g/mol. The second kappa shape index (κ2) is 6.40. The fourth-order valence-electron chi connectivity index (χ4n) is 4.60. The van der Waals surface area contributed by atoms with Crippen LogP contribution in [0.2, 0.25) is 0 Å². The zero-order valence-corrected chi connectivity index (χ0v) is 15.4. The van der Waals surface area contributed by atoms with E-state index in [0.29, 0.717) is 11.5 Å². The Labute approximate surface area is 149 Å². The molecule has 0 saturated heterocycles. The molecule has 0 aromatic heterocycles. The smallest absolute Gasteiger partial charge is 0.251 e. The van der Waals surface area contributed by atoms with E-state index in [2.05, 4.69) is 17.0 Å². The SMILES string of the molecule is C[C@@H](NC(=O)c1cccc(S(=O)(=O)NC2CC2)c1)[C@H]1C[C@H]2CC[C@H]1C2. The Hall–Kier alpha value is -1.40. The van der Waals surface area contributed by atoms with E-state index in [1.165, 1.54) is 31.7 Å². The molecule has 3 aliphatic rings. The van der Waals surface area contributed by atoms with Gasteiger partial charge in [0.2, 0.25) is 10.0 Å². The second-order valence-electron chi connectivity index (χ2n) is 8.02. The third-order valence-corrected chi connectivity index (χ3v) is 7.62. The molecule has 6 heteroatoms. The lowest BCUT2D eigenvalue weighted by atomic mass is 9.84. The van der Waals surface area contributed by atoms with Crippen molar-refractivity contribution in [2.75, 3.05) is 0 Å². The van der Waals surface area contributed by atoms with Gasteiger partial charge in [-0.05, 0) is 75.0 Å². The summed E-state index contributed by atoms with van der Waals surface area (Å²) in [5.41, 5.74) is 0.411. The number of hydrogen-bond donors (Lipinski definition) is 2. The summed E-state index contributed by atoms with van der Waals surface area (Å²) in [4.78, 5) is 12.8. The van der Waals surface area contributed by atoms with Crippen LogP contribution in [0.25, 0.3) is 0 Å². The van der Waals surface area contributed by atoms with Crippen LogP contribution in [0.3, 0.4) is 0 Å². The maximum atomic E-state index is 12.6. The van der Waals surface area contributed by atoms with Gasteiger partial charge in [0, 0.05) is 17.6 Å². The molecule has 136 valence electrons. The molecule has 0 aliphatic heterocycles. The Balaban J connectivity index is 1.44. The van der Waals surface area contributed by atoms with Crippen molar-refractivity contribution in [3.63, 3.8) is 0 Å². The quantitative estimate of drug-likeness (QED) is 0.817. The van der Waals surface area contributed by atoms with E-state index in [-0.39, 0.29) is 22.9 Å². The Morgan fingerprint density at radius 2 is 1.96 bits per heavy atom. The molecular weight excluding hydrogens is 336 g/mol. The van der Waals surface area contributed by atoms with Crippen molar-refractivity contribution in [2.45, 2.75) is 62.4 Å². The van der Waals surface area contributed by atoms with Crippen molar-refractivity contribution in [1.82, 2.24) is 10.0 Å². The van der Waals surface area contributed by atoms with Gasteiger partial charge >= 0.3 is 0 Å². The summed E-state index contributed by atoms with van der Waals surface area (Å²) in [6.45, 7) is 2.08. The third kappa shape index (κ3) is 3.60. The molecule has 0 radical (unpaired) electrons. The Bertz CT molecular complexity index is 773. The van der Waals surface area contributed by atoms with Crippen molar-refractivity contribution in [1.29, 1.82) is 0 Å². The van der Waals surface area contributed by atoms with E-state index < -0.39 is 10.0 Å². The highest BCUT2D eigenvalue weighted by Crippen LogP contribution is 2.49. The van der Waals surface area contributed by atoms with Crippen molar-refractivity contribution in [3.05, 3.63) is 29.8 Å². The van der Waals surface area contributed by atoms with E-state index in [9.17, 15) is 13.2 Å². The summed E-state index contributed by atoms with van der Waals surface area (Å²) in [5, 5.41) is 3.10. The van der Waals surface area contributed by atoms with Crippen molar-refractivity contribution in [2.24, 2.45) is 17.8 Å². The van der Waals surface area contributed by atoms with Crippen molar-refractivity contribution >= 4 is 15.9 Å². The first-order valence-electron chi connectivity index (χ1n) is 9.35. The van der Waals surface area contributed by atoms with Crippen LogP contribution < -0.4 is 10.0 Å². The molecule has 0 heterocycles. The largest absolute Gasteiger partial charge is 0.349 e. The van der Waals surface area contributed by atoms with Crippen LogP contribution in [0.5, 0.6) is 0 Å². The summed E-state index contributed by atoms with van der Waals surface area (Å²) < 4.78 is 27.3. The molecule has 2 bridgehead atoms. The Kier molecular flexibility index (Phi) is 4.36. The van der Waals surface area contributed by atoms with Gasteiger partial charge in [-0.3, -0.25) is 4.79 Å². The first-order chi connectivity index (χ1) is 11.9. The fraction of sp³-hybridized carbons (Fsp3) is 0.632. The molecule has 3 saturated carbocycles. The van der Waals surface area contributed by atoms with Gasteiger partial charge < -0.3 is 5.32 Å². The first kappa shape index (κ1) is 17.0. The lowest BCUT2D eigenvalue weighted by Gasteiger charge is -2.28. The molecule has 4 rings (SSSR count). The van der Waals surface area contributed by atoms with E-state index >= 15 is 0 Å². The Morgan fingerprint density at radius 3 is 2.60 bits per heavy atom. The molecule has 0 unspecified atom stereocenters. The zero-order chi connectivity index (χ0) is 17.6. The van der Waals surface area contributed by atoms with Gasteiger partial charge in [0.1, 0.15) is 0 Å². The number of carbonyl (C=O) groups is 1. The lowest BCUT2D eigenvalue weighted by molar-refractivity contribution is 0.0915. The predicted molar refractivity (Wildman–Crippen MR) is 95.7 cm³/mol. The molecule has 3 fully saturated rings. The van der Waals surface area contributed by atoms with Gasteiger partial charge in [-0.15, -0.1) is 0 Å². The fourth-order valence-corrected chi connectivity index (χ4v) is 5.95. The molecule has 5 nitrogen and oxygen atoms in total. The normalized spacial score (nSPS) is 29.6. The van der Waals surface area contributed by atoms with Crippen LogP contribution in [0.4, 0.5) is 0 Å². The zero-order valence-electron chi connectivity index (χ0n) is 14.6. The maximum absolute atomic E-state index is 12.6. The summed E-state index contributed by atoms with van der Waals surface area (Å²) in [5.74, 6) is 1.97. The highest BCUT2D eigenvalue weighted by atomic mass is 32.2. The molecule has 0 spiro atoms. The minimum absolute atomic E-state index is 0.0558. The van der Waals surface area contributed by atoms with Crippen LogP contribution in [0.15, 0.2) is 29.2 Å². The van der Waals surface area contributed by atoms with Gasteiger partial charge in [-0.25, -0.2) is 13.1 Å². The Morgan fingerprint density at radius 1 is 1.16 bits per heavy atom. The number of sulfonamides is 1. The summed E-state index contributed by atoms with van der Waals surface area (Å²) >= 11 is 0. The summed E-state index contributed by atoms with van der Waals surface area (Å²) in [7, 11) is -3.53. The topological polar surface area (TPSA) is 75.3 Å². The predicted octanol–water partition coefficient (Wildman–Crippen LogP) is 2.68. The molecule has 1 amide bonds. The monoisotopic (exact) mass is 362 g/mol. The highest BCUT2D eigenvalue weighted by Gasteiger charge is 2.42. The van der Waals surface area contributed by atoms with Crippen molar-refractivity contribution in [3.8, 4) is 0 Å². The second-order valence-corrected chi connectivity index (χ2v) is 9.74. The molecule has 4 atom stereocenters. The van der Waals surface area contributed by atoms with Gasteiger partial charge in [0.25, 0.3) is 5.91 Å². The van der Waals surface area contributed by atoms with Crippen LogP contribution >= 0.6 is 0 Å². The maximum Gasteiger partial charge on any atom is 0.251 e. The van der Waals surface area contributed by atoms with Crippen LogP contribution in [-0.2, 0) is 10.0 Å². The van der Waals surface area contributed by atoms with E-state index in [0.717, 1.165) is 24.7 Å². The van der Waals surface area contributed by atoms with E-state index in [1.807, 2.05) is 0 Å². The number of hydrogen-bond acceptors (Lipinski definition) is 3. The molecule has 25 heavy (non-hydrogen) atoms. The van der Waals surface area contributed by atoms with Crippen LogP contribution in [0, 0.1) is 17.8 Å². The third-order valence-electron chi connectivity index (χ3n) is 6.10. The first-order valence-corrected chi connectivity index (χ1v) is 10.8. The van der Waals surface area contributed by atoms with Crippen LogP contribution in [-0.4, -0.2) is 26.4 Å². The number of nitrogens with one attached hydrogen (secondary N) is 2. The molecule has 1 aromatic carbocycles. The lowest BCUT2D eigenvalue weighted by Crippen LogP contribution is -2.40. The van der Waals surface area contributed by atoms with E-state index in [4.69, 9.17) is 0 Å². The number of benzene rings is 1. The minimum atomic E-state index is -3.53. The average Bonchev–Trinajstić information content (AvgIpc) is 3.13. The minimum Gasteiger partial charge on any atom is -0.349 e. The van der Waals surface area contributed by atoms with E-state index in [1.54, 1.807) is 18.2 Å². The number of amides is 1. The summed E-state index contributed by atoms with van der Waals surface area (Å²) in [6, 6.07) is 6.53. The molecular formula is C19H26N2O3S.